The third-order valence-electron chi connectivity index (χ3n) is 3.77. The number of ketones is 1. The summed E-state index contributed by atoms with van der Waals surface area (Å²) in [7, 11) is 0. The number of ether oxygens (including phenoxy) is 1. The van der Waals surface area contributed by atoms with Crippen LogP contribution in [0.3, 0.4) is 0 Å². The Kier molecular flexibility index (Phi) is 2.22. The Labute approximate surface area is 86.0 Å². The first-order chi connectivity index (χ1) is 6.44. The lowest BCUT2D eigenvalue weighted by molar-refractivity contribution is -0.124. The zero-order valence-electron chi connectivity index (χ0n) is 9.43. The minimum atomic E-state index is 0.0189. The Hall–Kier alpha value is -0.370. The van der Waals surface area contributed by atoms with Gasteiger partial charge in [-0.15, -0.1) is 0 Å². The summed E-state index contributed by atoms with van der Waals surface area (Å²) >= 11 is 0. The highest BCUT2D eigenvalue weighted by Crippen LogP contribution is 2.52. The molecule has 0 bridgehead atoms. The number of Topliss-reactive ketones (excluding diaryl/α,β-unsaturated/α-hetero) is 1. The van der Waals surface area contributed by atoms with Crippen LogP contribution in [0.4, 0.5) is 0 Å². The number of rotatable bonds is 3. The molecule has 2 fully saturated rings. The first kappa shape index (κ1) is 10.2. The first-order valence-corrected chi connectivity index (χ1v) is 5.62. The Morgan fingerprint density at radius 2 is 2.00 bits per heavy atom. The van der Waals surface area contributed by atoms with Gasteiger partial charge in [0.15, 0.2) is 0 Å². The minimum Gasteiger partial charge on any atom is -0.372 e. The molecule has 2 heteroatoms. The molecular weight excluding hydrogens is 176 g/mol. The van der Waals surface area contributed by atoms with Gasteiger partial charge in [0.2, 0.25) is 0 Å². The van der Waals surface area contributed by atoms with E-state index in [0.717, 1.165) is 32.1 Å². The molecule has 0 amide bonds. The number of carbonyl (C=O) groups excluding carboxylic acids is 1. The van der Waals surface area contributed by atoms with Crippen LogP contribution < -0.4 is 0 Å². The van der Waals surface area contributed by atoms with Crippen molar-refractivity contribution in [1.82, 2.24) is 0 Å². The van der Waals surface area contributed by atoms with Crippen molar-refractivity contribution in [1.29, 1.82) is 0 Å². The maximum Gasteiger partial charge on any atom is 0.136 e. The van der Waals surface area contributed by atoms with Crippen molar-refractivity contribution < 1.29 is 9.53 Å². The predicted octanol–water partition coefficient (Wildman–Crippen LogP) is 2.70. The molecule has 80 valence electrons. The van der Waals surface area contributed by atoms with Crippen molar-refractivity contribution in [2.24, 2.45) is 5.41 Å². The average molecular weight is 196 g/mol. The lowest BCUT2D eigenvalue weighted by atomic mass is 9.93. The summed E-state index contributed by atoms with van der Waals surface area (Å²) in [6.45, 7) is 6.01. The van der Waals surface area contributed by atoms with Crippen LogP contribution >= 0.6 is 0 Å². The van der Waals surface area contributed by atoms with Crippen LogP contribution in [0.5, 0.6) is 0 Å². The minimum absolute atomic E-state index is 0.0189. The molecule has 2 nitrogen and oxygen atoms in total. The number of carbonyl (C=O) groups is 1. The first-order valence-electron chi connectivity index (χ1n) is 5.62. The van der Waals surface area contributed by atoms with Crippen LogP contribution in [0.15, 0.2) is 0 Å². The highest BCUT2D eigenvalue weighted by Gasteiger charge is 2.50. The van der Waals surface area contributed by atoms with E-state index < -0.39 is 0 Å². The van der Waals surface area contributed by atoms with E-state index in [9.17, 15) is 4.79 Å². The van der Waals surface area contributed by atoms with Gasteiger partial charge in [-0.25, -0.2) is 0 Å². The van der Waals surface area contributed by atoms with Crippen molar-refractivity contribution in [3.05, 3.63) is 0 Å². The summed E-state index contributed by atoms with van der Waals surface area (Å²) in [5.74, 6) is 0.366. The summed E-state index contributed by atoms with van der Waals surface area (Å²) in [6, 6.07) is 0. The van der Waals surface area contributed by atoms with Gasteiger partial charge in [0.05, 0.1) is 11.7 Å². The van der Waals surface area contributed by atoms with Gasteiger partial charge >= 0.3 is 0 Å². The van der Waals surface area contributed by atoms with Gasteiger partial charge in [0.25, 0.3) is 0 Å². The second-order valence-electron chi connectivity index (χ2n) is 5.58. The van der Waals surface area contributed by atoms with E-state index in [1.165, 1.54) is 0 Å². The third kappa shape index (κ3) is 1.85. The largest absolute Gasteiger partial charge is 0.372 e. The Balaban J connectivity index is 1.91. The van der Waals surface area contributed by atoms with Gasteiger partial charge in [0, 0.05) is 5.41 Å². The normalized spacial score (nSPS) is 32.9. The van der Waals surface area contributed by atoms with Crippen molar-refractivity contribution in [3.8, 4) is 0 Å². The number of hydrogen-bond acceptors (Lipinski definition) is 2. The Morgan fingerprint density at radius 1 is 1.36 bits per heavy atom. The highest BCUT2D eigenvalue weighted by atomic mass is 16.5. The molecule has 0 aromatic rings. The molecule has 1 saturated heterocycles. The van der Waals surface area contributed by atoms with Crippen LogP contribution in [0.25, 0.3) is 0 Å². The molecule has 0 spiro atoms. The van der Waals surface area contributed by atoms with Gasteiger partial charge in [0.1, 0.15) is 5.78 Å². The fourth-order valence-electron chi connectivity index (χ4n) is 2.51. The van der Waals surface area contributed by atoms with Gasteiger partial charge in [-0.1, -0.05) is 0 Å². The fraction of sp³-hybridized carbons (Fsp3) is 0.917. The zero-order chi connectivity index (χ0) is 10.4. The molecule has 0 N–H and O–H groups in total. The monoisotopic (exact) mass is 196 g/mol. The molecule has 1 unspecified atom stereocenters. The van der Waals surface area contributed by atoms with Gasteiger partial charge in [-0.05, 0) is 52.9 Å². The van der Waals surface area contributed by atoms with E-state index in [1.54, 1.807) is 6.92 Å². The van der Waals surface area contributed by atoms with Crippen molar-refractivity contribution >= 4 is 5.78 Å². The number of hydrogen-bond donors (Lipinski definition) is 0. The van der Waals surface area contributed by atoms with Crippen molar-refractivity contribution in [2.75, 3.05) is 0 Å². The molecule has 0 aromatic heterocycles. The molecule has 1 heterocycles. The second-order valence-corrected chi connectivity index (χ2v) is 5.58. The molecule has 0 radical (unpaired) electrons. The second kappa shape index (κ2) is 3.06. The summed E-state index contributed by atoms with van der Waals surface area (Å²) in [5.41, 5.74) is 0.0582. The van der Waals surface area contributed by atoms with E-state index in [-0.39, 0.29) is 11.0 Å². The topological polar surface area (TPSA) is 26.3 Å². The van der Waals surface area contributed by atoms with E-state index in [1.807, 2.05) is 0 Å². The van der Waals surface area contributed by atoms with Crippen molar-refractivity contribution in [3.63, 3.8) is 0 Å². The third-order valence-corrected chi connectivity index (χ3v) is 3.77. The smallest absolute Gasteiger partial charge is 0.136 e. The van der Waals surface area contributed by atoms with Gasteiger partial charge in [-0.3, -0.25) is 4.79 Å². The predicted molar refractivity (Wildman–Crippen MR) is 55.2 cm³/mol. The highest BCUT2D eigenvalue weighted by molar-refractivity contribution is 5.85. The molecule has 1 aliphatic heterocycles. The molecular formula is C12H20O2. The van der Waals surface area contributed by atoms with Crippen LogP contribution in [-0.4, -0.2) is 17.5 Å². The van der Waals surface area contributed by atoms with Crippen LogP contribution in [0, 0.1) is 5.41 Å². The standard InChI is InChI=1S/C12H20O2/c1-9(13)12(6-7-12)8-10-4-5-11(2,3)14-10/h10H,4-8H2,1-3H3. The SMILES string of the molecule is CC(=O)C1(CC2CCC(C)(C)O2)CC1. The molecule has 1 aliphatic carbocycles. The van der Waals surface area contributed by atoms with Gasteiger partial charge < -0.3 is 4.74 Å². The van der Waals surface area contributed by atoms with E-state index >= 15 is 0 Å². The molecule has 0 aromatic carbocycles. The summed E-state index contributed by atoms with van der Waals surface area (Å²) in [5, 5.41) is 0. The molecule has 14 heavy (non-hydrogen) atoms. The zero-order valence-corrected chi connectivity index (χ0v) is 9.43. The van der Waals surface area contributed by atoms with E-state index in [2.05, 4.69) is 13.8 Å². The summed E-state index contributed by atoms with van der Waals surface area (Å²) < 4.78 is 5.92. The van der Waals surface area contributed by atoms with Crippen molar-refractivity contribution in [2.45, 2.75) is 64.6 Å². The Bertz CT molecular complexity index is 251. The average Bonchev–Trinajstić information content (AvgIpc) is 2.74. The quantitative estimate of drug-likeness (QED) is 0.693. The van der Waals surface area contributed by atoms with E-state index in [4.69, 9.17) is 4.74 Å². The van der Waals surface area contributed by atoms with Gasteiger partial charge in [-0.2, -0.15) is 0 Å². The maximum absolute atomic E-state index is 11.4. The Morgan fingerprint density at radius 3 is 2.36 bits per heavy atom. The maximum atomic E-state index is 11.4. The van der Waals surface area contributed by atoms with Crippen LogP contribution in [0.2, 0.25) is 0 Å². The lowest BCUT2D eigenvalue weighted by Crippen LogP contribution is -2.24. The molecule has 1 atom stereocenters. The van der Waals surface area contributed by atoms with Crippen LogP contribution in [-0.2, 0) is 9.53 Å². The lowest BCUT2D eigenvalue weighted by Gasteiger charge is -2.21. The molecule has 2 aliphatic rings. The van der Waals surface area contributed by atoms with Crippen LogP contribution in [0.1, 0.15) is 52.9 Å². The molecule has 2 rings (SSSR count). The fourth-order valence-corrected chi connectivity index (χ4v) is 2.51. The molecule has 1 saturated carbocycles. The summed E-state index contributed by atoms with van der Waals surface area (Å²) in [6.07, 6.45) is 5.72. The summed E-state index contributed by atoms with van der Waals surface area (Å²) in [4.78, 5) is 11.4. The van der Waals surface area contributed by atoms with E-state index in [0.29, 0.717) is 11.9 Å².